The molecule has 0 saturated heterocycles. The second-order valence-corrected chi connectivity index (χ2v) is 6.85. The van der Waals surface area contributed by atoms with E-state index in [0.29, 0.717) is 34.5 Å². The predicted molar refractivity (Wildman–Crippen MR) is 113 cm³/mol. The molecule has 4 aromatic rings. The van der Waals surface area contributed by atoms with Crippen molar-refractivity contribution >= 4 is 16.9 Å². The van der Waals surface area contributed by atoms with Crippen LogP contribution in [0.3, 0.4) is 0 Å². The molecule has 29 heavy (non-hydrogen) atoms. The van der Waals surface area contributed by atoms with E-state index in [-0.39, 0.29) is 17.8 Å². The van der Waals surface area contributed by atoms with E-state index in [0.717, 1.165) is 11.1 Å². The third-order valence-corrected chi connectivity index (χ3v) is 4.79. The highest BCUT2D eigenvalue weighted by Crippen LogP contribution is 2.26. The molecule has 1 heterocycles. The maximum Gasteiger partial charge on any atom is 0.311 e. The molecule has 0 atom stereocenters. The van der Waals surface area contributed by atoms with Crippen LogP contribution < -0.4 is 10.2 Å². The molecular formula is C25H20O4. The Morgan fingerprint density at radius 1 is 0.931 bits per heavy atom. The highest BCUT2D eigenvalue weighted by Gasteiger charge is 2.14. The Bertz CT molecular complexity index is 1210. The van der Waals surface area contributed by atoms with Crippen molar-refractivity contribution in [2.45, 2.75) is 19.8 Å². The number of benzene rings is 3. The van der Waals surface area contributed by atoms with Crippen LogP contribution in [0.4, 0.5) is 0 Å². The maximum atomic E-state index is 13.0. The number of carbonyl (C=O) groups excluding carboxylic acids is 1. The molecule has 0 spiro atoms. The Balaban J connectivity index is 1.57. The molecule has 4 heteroatoms. The minimum Gasteiger partial charge on any atom is -0.460 e. The number of rotatable bonds is 5. The van der Waals surface area contributed by atoms with Gasteiger partial charge >= 0.3 is 5.97 Å². The third-order valence-electron chi connectivity index (χ3n) is 4.79. The number of ether oxygens (including phenoxy) is 1. The Labute approximate surface area is 168 Å². The topological polar surface area (TPSA) is 56.5 Å². The van der Waals surface area contributed by atoms with Gasteiger partial charge in [0, 0.05) is 12.5 Å². The zero-order valence-corrected chi connectivity index (χ0v) is 16.1. The maximum absolute atomic E-state index is 13.0. The minimum absolute atomic E-state index is 0.100. The van der Waals surface area contributed by atoms with Crippen LogP contribution in [0, 0.1) is 6.92 Å². The Kier molecular flexibility index (Phi) is 5.25. The first kappa shape index (κ1) is 18.7. The van der Waals surface area contributed by atoms with Crippen LogP contribution >= 0.6 is 0 Å². The van der Waals surface area contributed by atoms with Gasteiger partial charge in [-0.1, -0.05) is 60.7 Å². The van der Waals surface area contributed by atoms with Crippen molar-refractivity contribution in [3.05, 3.63) is 100 Å². The summed E-state index contributed by atoms with van der Waals surface area (Å²) in [6, 6.07) is 24.1. The summed E-state index contributed by atoms with van der Waals surface area (Å²) in [5.74, 6) is 0.569. The number of esters is 1. The molecule has 1 aromatic heterocycles. The van der Waals surface area contributed by atoms with Gasteiger partial charge in [0.1, 0.15) is 17.1 Å². The summed E-state index contributed by atoms with van der Waals surface area (Å²) < 4.78 is 11.3. The van der Waals surface area contributed by atoms with Crippen LogP contribution in [0.2, 0.25) is 0 Å². The van der Waals surface area contributed by atoms with Crippen LogP contribution in [0.5, 0.6) is 5.75 Å². The monoisotopic (exact) mass is 384 g/mol. The Morgan fingerprint density at radius 2 is 1.62 bits per heavy atom. The van der Waals surface area contributed by atoms with Gasteiger partial charge in [-0.2, -0.15) is 0 Å². The van der Waals surface area contributed by atoms with E-state index in [9.17, 15) is 9.59 Å². The zero-order chi connectivity index (χ0) is 20.2. The van der Waals surface area contributed by atoms with Crippen LogP contribution in [0.25, 0.3) is 22.1 Å². The second-order valence-electron chi connectivity index (χ2n) is 6.85. The third kappa shape index (κ3) is 4.11. The average Bonchev–Trinajstić information content (AvgIpc) is 2.73. The van der Waals surface area contributed by atoms with E-state index in [1.54, 1.807) is 25.1 Å². The van der Waals surface area contributed by atoms with Crippen LogP contribution in [-0.2, 0) is 11.2 Å². The van der Waals surface area contributed by atoms with Gasteiger partial charge in [0.05, 0.1) is 10.9 Å². The van der Waals surface area contributed by atoms with Crippen molar-refractivity contribution < 1.29 is 13.9 Å². The van der Waals surface area contributed by atoms with Crippen molar-refractivity contribution in [2.24, 2.45) is 0 Å². The standard InChI is InChI=1S/C25H20O4/c1-17-24(19-10-6-3-7-11-19)25(27)21-14-13-20(16-22(21)28-17)29-23(26)15-12-18-8-4-2-5-9-18/h2-11,13-14,16H,12,15H2,1H3. The molecule has 0 aliphatic heterocycles. The quantitative estimate of drug-likeness (QED) is 0.346. The van der Waals surface area contributed by atoms with E-state index in [1.807, 2.05) is 60.7 Å². The van der Waals surface area contributed by atoms with E-state index >= 15 is 0 Å². The van der Waals surface area contributed by atoms with Crippen molar-refractivity contribution in [2.75, 3.05) is 0 Å². The van der Waals surface area contributed by atoms with Crippen LogP contribution in [0.1, 0.15) is 17.7 Å². The van der Waals surface area contributed by atoms with E-state index in [2.05, 4.69) is 0 Å². The summed E-state index contributed by atoms with van der Waals surface area (Å²) in [6.45, 7) is 1.77. The SMILES string of the molecule is Cc1oc2cc(OC(=O)CCc3ccccc3)ccc2c(=O)c1-c1ccccc1. The molecule has 4 nitrogen and oxygen atoms in total. The number of fused-ring (bicyclic) bond motifs is 1. The molecule has 144 valence electrons. The molecule has 0 aliphatic carbocycles. The molecule has 0 unspecified atom stereocenters. The highest BCUT2D eigenvalue weighted by atomic mass is 16.5. The first-order valence-corrected chi connectivity index (χ1v) is 9.49. The fourth-order valence-corrected chi connectivity index (χ4v) is 3.36. The lowest BCUT2D eigenvalue weighted by Crippen LogP contribution is -2.10. The molecule has 4 rings (SSSR count). The minimum atomic E-state index is -0.326. The largest absolute Gasteiger partial charge is 0.460 e. The lowest BCUT2D eigenvalue weighted by atomic mass is 10.0. The lowest BCUT2D eigenvalue weighted by Gasteiger charge is -2.09. The van der Waals surface area contributed by atoms with Gasteiger partial charge in [-0.25, -0.2) is 0 Å². The molecule has 0 N–H and O–H groups in total. The van der Waals surface area contributed by atoms with Crippen LogP contribution in [-0.4, -0.2) is 5.97 Å². The first-order chi connectivity index (χ1) is 14.1. The van der Waals surface area contributed by atoms with Crippen LogP contribution in [0.15, 0.2) is 88.1 Å². The van der Waals surface area contributed by atoms with Crippen molar-refractivity contribution in [3.63, 3.8) is 0 Å². The van der Waals surface area contributed by atoms with Gasteiger partial charge in [0.25, 0.3) is 0 Å². The van der Waals surface area contributed by atoms with Gasteiger partial charge in [-0.3, -0.25) is 9.59 Å². The van der Waals surface area contributed by atoms with Crippen molar-refractivity contribution in [1.29, 1.82) is 0 Å². The normalized spacial score (nSPS) is 10.8. The summed E-state index contributed by atoms with van der Waals surface area (Å²) in [6.07, 6.45) is 0.889. The Hall–Kier alpha value is -3.66. The molecule has 0 amide bonds. The lowest BCUT2D eigenvalue weighted by molar-refractivity contribution is -0.134. The number of hydrogen-bond donors (Lipinski definition) is 0. The van der Waals surface area contributed by atoms with Gasteiger partial charge in [-0.15, -0.1) is 0 Å². The molecule has 0 fully saturated rings. The number of carbonyl (C=O) groups is 1. The van der Waals surface area contributed by atoms with Crippen molar-refractivity contribution in [1.82, 2.24) is 0 Å². The fourth-order valence-electron chi connectivity index (χ4n) is 3.36. The summed E-state index contributed by atoms with van der Waals surface area (Å²) in [5.41, 5.74) is 2.75. The predicted octanol–water partition coefficient (Wildman–Crippen LogP) is 5.31. The highest BCUT2D eigenvalue weighted by molar-refractivity contribution is 5.84. The molecular weight excluding hydrogens is 364 g/mol. The van der Waals surface area contributed by atoms with Crippen molar-refractivity contribution in [3.8, 4) is 16.9 Å². The van der Waals surface area contributed by atoms with E-state index < -0.39 is 0 Å². The average molecular weight is 384 g/mol. The summed E-state index contributed by atoms with van der Waals surface area (Å²) in [5, 5.41) is 0.457. The second kappa shape index (κ2) is 8.15. The van der Waals surface area contributed by atoms with E-state index in [4.69, 9.17) is 9.15 Å². The number of hydrogen-bond acceptors (Lipinski definition) is 4. The molecule has 0 aliphatic rings. The molecule has 0 radical (unpaired) electrons. The smallest absolute Gasteiger partial charge is 0.311 e. The number of aryl methyl sites for hydroxylation is 2. The molecule has 0 saturated carbocycles. The van der Waals surface area contributed by atoms with Gasteiger partial charge in [0.15, 0.2) is 0 Å². The first-order valence-electron chi connectivity index (χ1n) is 9.49. The fraction of sp³-hybridized carbons (Fsp3) is 0.120. The summed E-state index contributed by atoms with van der Waals surface area (Å²) in [7, 11) is 0. The zero-order valence-electron chi connectivity index (χ0n) is 16.1. The van der Waals surface area contributed by atoms with Gasteiger partial charge in [-0.05, 0) is 36.6 Å². The van der Waals surface area contributed by atoms with Gasteiger partial charge < -0.3 is 9.15 Å². The molecule has 0 bridgehead atoms. The molecule has 3 aromatic carbocycles. The van der Waals surface area contributed by atoms with E-state index in [1.165, 1.54) is 0 Å². The van der Waals surface area contributed by atoms with Gasteiger partial charge in [0.2, 0.25) is 5.43 Å². The summed E-state index contributed by atoms with van der Waals surface area (Å²) >= 11 is 0. The summed E-state index contributed by atoms with van der Waals surface area (Å²) in [4.78, 5) is 25.2. The Morgan fingerprint density at radius 3 is 2.34 bits per heavy atom.